The number of H-pyrrole nitrogens is 1. The van der Waals surface area contributed by atoms with E-state index in [1.165, 1.54) is 15.7 Å². The molecule has 1 aliphatic rings. The highest BCUT2D eigenvalue weighted by Gasteiger charge is 2.18. The molecule has 0 aliphatic carbocycles. The van der Waals surface area contributed by atoms with Crippen LogP contribution in [0.15, 0.2) is 59.5 Å². The van der Waals surface area contributed by atoms with Gasteiger partial charge in [0.15, 0.2) is 0 Å². The smallest absolute Gasteiger partial charge is 0.138 e. The molecule has 4 nitrogen and oxygen atoms in total. The molecule has 1 atom stereocenters. The molecule has 23 heavy (non-hydrogen) atoms. The molecule has 0 amide bonds. The van der Waals surface area contributed by atoms with Crippen molar-refractivity contribution in [1.29, 1.82) is 0 Å². The average molecular weight is 318 g/mol. The topological polar surface area (TPSA) is 66.7 Å². The Labute approximate surface area is 137 Å². The van der Waals surface area contributed by atoms with Gasteiger partial charge in [0.2, 0.25) is 0 Å². The summed E-state index contributed by atoms with van der Waals surface area (Å²) < 4.78 is 0. The minimum atomic E-state index is -0.0683. The van der Waals surface area contributed by atoms with Crippen molar-refractivity contribution in [2.75, 3.05) is 5.32 Å². The van der Waals surface area contributed by atoms with E-state index < -0.39 is 0 Å². The normalized spacial score (nSPS) is 16.7. The SMILES string of the molecule is N[C@H]1Nc2ccc(-c3nc4cc5ccccc5cc4[nH]3)cc2S1. The number of aromatic nitrogens is 2. The van der Waals surface area contributed by atoms with Crippen LogP contribution in [-0.2, 0) is 0 Å². The van der Waals surface area contributed by atoms with E-state index >= 15 is 0 Å². The van der Waals surface area contributed by atoms with Gasteiger partial charge < -0.3 is 16.0 Å². The summed E-state index contributed by atoms with van der Waals surface area (Å²) in [5.41, 5.74) is 10.1. The van der Waals surface area contributed by atoms with Gasteiger partial charge in [0.1, 0.15) is 11.3 Å². The molecular weight excluding hydrogens is 304 g/mol. The highest BCUT2D eigenvalue weighted by atomic mass is 32.2. The number of hydrogen-bond donors (Lipinski definition) is 3. The summed E-state index contributed by atoms with van der Waals surface area (Å²) >= 11 is 1.63. The van der Waals surface area contributed by atoms with Crippen LogP contribution in [-0.4, -0.2) is 15.5 Å². The second kappa shape index (κ2) is 4.75. The number of aromatic amines is 1. The summed E-state index contributed by atoms with van der Waals surface area (Å²) in [5.74, 6) is 0.888. The molecule has 112 valence electrons. The maximum absolute atomic E-state index is 5.92. The molecule has 0 fully saturated rings. The fourth-order valence-electron chi connectivity index (χ4n) is 3.04. The molecule has 2 heterocycles. The first-order valence-electron chi connectivity index (χ1n) is 7.48. The number of benzene rings is 3. The number of nitrogens with zero attached hydrogens (tertiary/aromatic N) is 1. The van der Waals surface area contributed by atoms with Crippen molar-refractivity contribution < 1.29 is 0 Å². The molecule has 1 aliphatic heterocycles. The molecule has 0 bridgehead atoms. The van der Waals surface area contributed by atoms with Gasteiger partial charge in [0.25, 0.3) is 0 Å². The van der Waals surface area contributed by atoms with Crippen molar-refractivity contribution in [3.8, 4) is 11.4 Å². The minimum Gasteiger partial charge on any atom is -0.360 e. The van der Waals surface area contributed by atoms with Crippen molar-refractivity contribution in [2.24, 2.45) is 5.73 Å². The van der Waals surface area contributed by atoms with Gasteiger partial charge in [-0.25, -0.2) is 4.98 Å². The molecule has 1 aromatic heterocycles. The summed E-state index contributed by atoms with van der Waals surface area (Å²) in [5, 5.41) is 5.66. The fourth-order valence-corrected chi connectivity index (χ4v) is 3.95. The third-order valence-corrected chi connectivity index (χ3v) is 5.12. The van der Waals surface area contributed by atoms with E-state index in [1.807, 2.05) is 0 Å². The first kappa shape index (κ1) is 13.0. The van der Waals surface area contributed by atoms with Gasteiger partial charge in [-0.3, -0.25) is 0 Å². The maximum atomic E-state index is 5.92. The zero-order valence-corrected chi connectivity index (χ0v) is 13.0. The Morgan fingerprint density at radius 2 is 1.83 bits per heavy atom. The maximum Gasteiger partial charge on any atom is 0.138 e. The van der Waals surface area contributed by atoms with Crippen LogP contribution in [0.4, 0.5) is 5.69 Å². The van der Waals surface area contributed by atoms with Gasteiger partial charge >= 0.3 is 0 Å². The first-order chi connectivity index (χ1) is 11.3. The van der Waals surface area contributed by atoms with Crippen LogP contribution in [0.2, 0.25) is 0 Å². The number of hydrogen-bond acceptors (Lipinski definition) is 4. The second-order valence-corrected chi connectivity index (χ2v) is 6.88. The molecular formula is C18H14N4S. The van der Waals surface area contributed by atoms with E-state index in [4.69, 9.17) is 10.7 Å². The average Bonchev–Trinajstić information content (AvgIpc) is 3.13. The molecule has 0 spiro atoms. The zero-order chi connectivity index (χ0) is 15.4. The molecule has 5 heteroatoms. The Morgan fingerprint density at radius 3 is 2.70 bits per heavy atom. The number of imidazole rings is 1. The predicted molar refractivity (Wildman–Crippen MR) is 96.5 cm³/mol. The molecule has 0 saturated carbocycles. The largest absolute Gasteiger partial charge is 0.360 e. The van der Waals surface area contributed by atoms with Crippen molar-refractivity contribution in [3.63, 3.8) is 0 Å². The second-order valence-electron chi connectivity index (χ2n) is 5.70. The molecule has 3 aromatic carbocycles. The number of thioether (sulfide) groups is 1. The first-order valence-corrected chi connectivity index (χ1v) is 8.36. The number of nitrogens with one attached hydrogen (secondary N) is 2. The van der Waals surface area contributed by atoms with Gasteiger partial charge in [-0.2, -0.15) is 0 Å². The summed E-state index contributed by atoms with van der Waals surface area (Å²) in [7, 11) is 0. The van der Waals surface area contributed by atoms with Gasteiger partial charge in [-0.05, 0) is 41.1 Å². The predicted octanol–water partition coefficient (Wildman–Crippen LogP) is 4.14. The van der Waals surface area contributed by atoms with E-state index in [2.05, 4.69) is 64.9 Å². The number of nitrogens with two attached hydrogens (primary N) is 1. The van der Waals surface area contributed by atoms with Crippen LogP contribution in [0.5, 0.6) is 0 Å². The van der Waals surface area contributed by atoms with Crippen LogP contribution in [0.25, 0.3) is 33.2 Å². The summed E-state index contributed by atoms with van der Waals surface area (Å²) in [4.78, 5) is 9.36. The Balaban J connectivity index is 1.66. The number of rotatable bonds is 1. The quantitative estimate of drug-likeness (QED) is 0.493. The minimum absolute atomic E-state index is 0.0683. The van der Waals surface area contributed by atoms with E-state index in [0.29, 0.717) is 0 Å². The molecule has 0 unspecified atom stereocenters. The summed E-state index contributed by atoms with van der Waals surface area (Å²) in [6.07, 6.45) is 0. The van der Waals surface area contributed by atoms with Crippen LogP contribution in [0, 0.1) is 0 Å². The van der Waals surface area contributed by atoms with Gasteiger partial charge in [0.05, 0.1) is 11.0 Å². The van der Waals surface area contributed by atoms with E-state index in [9.17, 15) is 0 Å². The number of anilines is 1. The monoisotopic (exact) mass is 318 g/mol. The summed E-state index contributed by atoms with van der Waals surface area (Å²) in [6.45, 7) is 0. The van der Waals surface area contributed by atoms with Gasteiger partial charge in [-0.1, -0.05) is 36.0 Å². The molecule has 0 saturated heterocycles. The Kier molecular flexibility index (Phi) is 2.68. The zero-order valence-electron chi connectivity index (χ0n) is 12.2. The van der Waals surface area contributed by atoms with E-state index in [1.54, 1.807) is 11.8 Å². The highest BCUT2D eigenvalue weighted by Crippen LogP contribution is 2.38. The standard InChI is InChI=1S/C18H14N4S/c19-18-22-13-6-5-12(9-16(13)23-18)17-20-14-7-10-3-1-2-4-11(10)8-15(14)21-17/h1-9,18,22H,19H2,(H,20,21)/t18-/m0/s1. The van der Waals surface area contributed by atoms with Gasteiger partial charge in [-0.15, -0.1) is 0 Å². The van der Waals surface area contributed by atoms with Crippen molar-refractivity contribution >= 4 is 39.3 Å². The van der Waals surface area contributed by atoms with Crippen molar-refractivity contribution in [1.82, 2.24) is 9.97 Å². The molecule has 5 rings (SSSR count). The van der Waals surface area contributed by atoms with Crippen LogP contribution in [0.1, 0.15) is 0 Å². The Hall–Kier alpha value is -2.50. The van der Waals surface area contributed by atoms with Crippen molar-refractivity contribution in [3.05, 3.63) is 54.6 Å². The molecule has 4 N–H and O–H groups in total. The third-order valence-electron chi connectivity index (χ3n) is 4.16. The Morgan fingerprint density at radius 1 is 1.00 bits per heavy atom. The molecule has 4 aromatic rings. The lowest BCUT2D eigenvalue weighted by Gasteiger charge is -2.01. The van der Waals surface area contributed by atoms with Crippen molar-refractivity contribution in [2.45, 2.75) is 10.4 Å². The lowest BCUT2D eigenvalue weighted by Crippen LogP contribution is -2.20. The Bertz CT molecular complexity index is 1000. The van der Waals surface area contributed by atoms with Crippen LogP contribution < -0.4 is 11.1 Å². The highest BCUT2D eigenvalue weighted by molar-refractivity contribution is 8.00. The van der Waals surface area contributed by atoms with Crippen LogP contribution in [0.3, 0.4) is 0 Å². The lowest BCUT2D eigenvalue weighted by atomic mass is 10.1. The van der Waals surface area contributed by atoms with E-state index in [0.717, 1.165) is 28.1 Å². The van der Waals surface area contributed by atoms with Gasteiger partial charge in [0, 0.05) is 16.1 Å². The van der Waals surface area contributed by atoms with Crippen LogP contribution >= 0.6 is 11.8 Å². The lowest BCUT2D eigenvalue weighted by molar-refractivity contribution is 1.08. The number of fused-ring (bicyclic) bond motifs is 3. The van der Waals surface area contributed by atoms with E-state index in [-0.39, 0.29) is 5.50 Å². The molecule has 0 radical (unpaired) electrons. The third kappa shape index (κ3) is 2.09. The fraction of sp³-hybridized carbons (Fsp3) is 0.0556. The summed E-state index contributed by atoms with van der Waals surface area (Å²) in [6, 6.07) is 18.9.